The number of aliphatic carboxylic acids is 1. The summed E-state index contributed by atoms with van der Waals surface area (Å²) < 4.78 is 41.6. The van der Waals surface area contributed by atoms with Crippen molar-refractivity contribution in [2.75, 3.05) is 0 Å². The zero-order chi connectivity index (χ0) is 11.9. The Balaban J connectivity index is 3.31. The molecule has 0 aliphatic heterocycles. The third-order valence-corrected chi connectivity index (χ3v) is 1.82. The van der Waals surface area contributed by atoms with Gasteiger partial charge >= 0.3 is 17.7 Å². The number of halogens is 3. The average molecular weight is 224 g/mol. The van der Waals surface area contributed by atoms with E-state index in [1.54, 1.807) is 0 Å². The topological polar surface area (TPSA) is 70.7 Å². The van der Waals surface area contributed by atoms with Crippen molar-refractivity contribution < 1.29 is 32.6 Å². The minimum atomic E-state index is -5.34. The molecular formula is C8H7F3O4. The summed E-state index contributed by atoms with van der Waals surface area (Å²) in [5, 5.41) is 17.5. The van der Waals surface area contributed by atoms with Crippen LogP contribution in [0.4, 0.5) is 13.2 Å². The van der Waals surface area contributed by atoms with Gasteiger partial charge in [-0.1, -0.05) is 0 Å². The largest absolute Gasteiger partial charge is 0.478 e. The van der Waals surface area contributed by atoms with Crippen LogP contribution < -0.4 is 0 Å². The fourth-order valence-electron chi connectivity index (χ4n) is 0.995. The summed E-state index contributed by atoms with van der Waals surface area (Å²) >= 11 is 0. The molecule has 0 saturated heterocycles. The lowest BCUT2D eigenvalue weighted by molar-refractivity contribution is -0.270. The maximum Gasteiger partial charge on any atom is 0.435 e. The molecule has 1 atom stereocenters. The Labute approximate surface area is 81.9 Å². The first kappa shape index (κ1) is 11.6. The van der Waals surface area contributed by atoms with E-state index in [4.69, 9.17) is 10.2 Å². The molecule has 0 aromatic carbocycles. The molecule has 0 aliphatic carbocycles. The fraction of sp³-hybridized carbons (Fsp3) is 0.375. The monoisotopic (exact) mass is 224 g/mol. The standard InChI is InChI=1S/C8H7F3O4/c1-4-2-3-5(15-4)7(14,6(12)13)8(9,10)11/h2-3,14H,1H3,(H,12,13)/t7-/m0/s1. The van der Waals surface area contributed by atoms with Crippen LogP contribution in [0, 0.1) is 6.92 Å². The van der Waals surface area contributed by atoms with E-state index in [0.717, 1.165) is 12.1 Å². The van der Waals surface area contributed by atoms with Gasteiger partial charge in [-0.3, -0.25) is 0 Å². The van der Waals surface area contributed by atoms with Gasteiger partial charge in [-0.05, 0) is 19.1 Å². The smallest absolute Gasteiger partial charge is 0.435 e. The van der Waals surface area contributed by atoms with Gasteiger partial charge in [-0.25, -0.2) is 4.79 Å². The van der Waals surface area contributed by atoms with Crippen molar-refractivity contribution in [1.82, 2.24) is 0 Å². The van der Waals surface area contributed by atoms with Crippen molar-refractivity contribution in [3.05, 3.63) is 23.7 Å². The molecule has 4 nitrogen and oxygen atoms in total. The number of hydrogen-bond donors (Lipinski definition) is 2. The van der Waals surface area contributed by atoms with E-state index in [1.807, 2.05) is 0 Å². The summed E-state index contributed by atoms with van der Waals surface area (Å²) in [6.07, 6.45) is -5.34. The number of carbonyl (C=O) groups is 1. The van der Waals surface area contributed by atoms with Crippen molar-refractivity contribution in [1.29, 1.82) is 0 Å². The van der Waals surface area contributed by atoms with Crippen LogP contribution in [0.2, 0.25) is 0 Å². The summed E-state index contributed by atoms with van der Waals surface area (Å²) in [7, 11) is 0. The van der Waals surface area contributed by atoms with Gasteiger partial charge in [-0.15, -0.1) is 0 Å². The molecule has 0 unspecified atom stereocenters. The van der Waals surface area contributed by atoms with Crippen LogP contribution in [-0.2, 0) is 10.4 Å². The van der Waals surface area contributed by atoms with Gasteiger partial charge in [0.2, 0.25) is 0 Å². The van der Waals surface area contributed by atoms with Gasteiger partial charge in [0, 0.05) is 0 Å². The summed E-state index contributed by atoms with van der Waals surface area (Å²) in [6, 6.07) is 1.91. The number of aliphatic hydroxyl groups is 1. The molecular weight excluding hydrogens is 217 g/mol. The van der Waals surface area contributed by atoms with E-state index < -0.39 is 23.5 Å². The Bertz CT molecular complexity index is 381. The zero-order valence-electron chi connectivity index (χ0n) is 7.50. The van der Waals surface area contributed by atoms with Crippen molar-refractivity contribution in [3.8, 4) is 0 Å². The number of alkyl halides is 3. The Kier molecular flexibility index (Phi) is 2.52. The molecule has 84 valence electrons. The van der Waals surface area contributed by atoms with Gasteiger partial charge < -0.3 is 14.6 Å². The first-order chi connectivity index (χ1) is 6.69. The van der Waals surface area contributed by atoms with Crippen molar-refractivity contribution in [2.24, 2.45) is 0 Å². The van der Waals surface area contributed by atoms with Crippen LogP contribution >= 0.6 is 0 Å². The third kappa shape index (κ3) is 1.70. The summed E-state index contributed by atoms with van der Waals surface area (Å²) in [5.41, 5.74) is -4.00. The van der Waals surface area contributed by atoms with E-state index in [2.05, 4.69) is 4.42 Å². The molecule has 0 bridgehead atoms. The van der Waals surface area contributed by atoms with Crippen molar-refractivity contribution in [2.45, 2.75) is 18.7 Å². The Morgan fingerprint density at radius 1 is 1.40 bits per heavy atom. The Hall–Kier alpha value is -1.50. The Morgan fingerprint density at radius 3 is 2.20 bits per heavy atom. The van der Waals surface area contributed by atoms with Gasteiger partial charge in [0.05, 0.1) is 0 Å². The highest BCUT2D eigenvalue weighted by atomic mass is 19.4. The predicted octanol–water partition coefficient (Wildman–Crippen LogP) is 1.42. The summed E-state index contributed by atoms with van der Waals surface area (Å²) in [4.78, 5) is 10.4. The second-order valence-corrected chi connectivity index (χ2v) is 2.92. The number of furan rings is 1. The van der Waals surface area contributed by atoms with Crippen molar-refractivity contribution in [3.63, 3.8) is 0 Å². The number of rotatable bonds is 2. The van der Waals surface area contributed by atoms with Crippen LogP contribution in [0.15, 0.2) is 16.5 Å². The summed E-state index contributed by atoms with van der Waals surface area (Å²) in [6.45, 7) is 1.34. The summed E-state index contributed by atoms with van der Waals surface area (Å²) in [5.74, 6) is -3.40. The zero-order valence-corrected chi connectivity index (χ0v) is 7.50. The van der Waals surface area contributed by atoms with E-state index in [9.17, 15) is 18.0 Å². The molecule has 0 spiro atoms. The van der Waals surface area contributed by atoms with Crippen molar-refractivity contribution >= 4 is 5.97 Å². The Morgan fingerprint density at radius 2 is 1.93 bits per heavy atom. The highest BCUT2D eigenvalue weighted by Crippen LogP contribution is 2.39. The number of carboxylic acids is 1. The van der Waals surface area contributed by atoms with Gasteiger partial charge in [-0.2, -0.15) is 13.2 Å². The molecule has 2 N–H and O–H groups in total. The quantitative estimate of drug-likeness (QED) is 0.796. The van der Waals surface area contributed by atoms with Crippen LogP contribution in [-0.4, -0.2) is 22.4 Å². The van der Waals surface area contributed by atoms with E-state index in [1.165, 1.54) is 6.92 Å². The lowest BCUT2D eigenvalue weighted by Crippen LogP contribution is -2.48. The van der Waals surface area contributed by atoms with Crippen LogP contribution in [0.1, 0.15) is 11.5 Å². The molecule has 1 heterocycles. The van der Waals surface area contributed by atoms with E-state index in [0.29, 0.717) is 0 Å². The molecule has 0 radical (unpaired) electrons. The van der Waals surface area contributed by atoms with E-state index in [-0.39, 0.29) is 5.76 Å². The molecule has 0 amide bonds. The highest BCUT2D eigenvalue weighted by molar-refractivity contribution is 5.79. The maximum absolute atomic E-state index is 12.4. The normalized spacial score (nSPS) is 16.1. The number of hydrogen-bond acceptors (Lipinski definition) is 3. The van der Waals surface area contributed by atoms with Gasteiger partial charge in [0.15, 0.2) is 5.76 Å². The minimum absolute atomic E-state index is 0.0777. The number of aryl methyl sites for hydroxylation is 1. The molecule has 0 fully saturated rings. The minimum Gasteiger partial charge on any atom is -0.478 e. The van der Waals surface area contributed by atoms with E-state index >= 15 is 0 Å². The molecule has 1 aromatic rings. The fourth-order valence-corrected chi connectivity index (χ4v) is 0.995. The number of carboxylic acid groups (broad SMARTS) is 1. The molecule has 0 aliphatic rings. The molecule has 7 heteroatoms. The van der Waals surface area contributed by atoms with Crippen LogP contribution in [0.3, 0.4) is 0 Å². The van der Waals surface area contributed by atoms with Gasteiger partial charge in [0.25, 0.3) is 0 Å². The first-order valence-corrected chi connectivity index (χ1v) is 3.79. The third-order valence-electron chi connectivity index (χ3n) is 1.82. The second kappa shape index (κ2) is 3.27. The second-order valence-electron chi connectivity index (χ2n) is 2.92. The van der Waals surface area contributed by atoms with Gasteiger partial charge in [0.1, 0.15) is 5.76 Å². The first-order valence-electron chi connectivity index (χ1n) is 3.79. The molecule has 0 saturated carbocycles. The van der Waals surface area contributed by atoms with Crippen LogP contribution in [0.25, 0.3) is 0 Å². The average Bonchev–Trinajstić information content (AvgIpc) is 2.48. The SMILES string of the molecule is Cc1ccc([C@](O)(C(=O)O)C(F)(F)F)o1. The molecule has 1 rings (SSSR count). The predicted molar refractivity (Wildman–Crippen MR) is 41.0 cm³/mol. The maximum atomic E-state index is 12.4. The molecule has 15 heavy (non-hydrogen) atoms. The highest BCUT2D eigenvalue weighted by Gasteiger charge is 2.63. The molecule has 1 aromatic heterocycles. The lowest BCUT2D eigenvalue weighted by atomic mass is 10.0. The lowest BCUT2D eigenvalue weighted by Gasteiger charge is -2.23. The van der Waals surface area contributed by atoms with Crippen LogP contribution in [0.5, 0.6) is 0 Å².